The Morgan fingerprint density at radius 2 is 1.65 bits per heavy atom. The molecule has 0 aliphatic heterocycles. The maximum Gasteiger partial charge on any atom is 0.0361 e. The predicted molar refractivity (Wildman–Crippen MR) is 84.8 cm³/mol. The average molecular weight is 265 g/mol. The third kappa shape index (κ3) is 2.64. The van der Waals surface area contributed by atoms with Gasteiger partial charge in [-0.3, -0.25) is 0 Å². The summed E-state index contributed by atoms with van der Waals surface area (Å²) in [5.41, 5.74) is 10.6. The van der Waals surface area contributed by atoms with Crippen molar-refractivity contribution in [2.45, 2.75) is 44.1 Å². The zero-order valence-electron chi connectivity index (χ0n) is 12.1. The highest BCUT2D eigenvalue weighted by atomic mass is 14.6. The molecule has 0 saturated heterocycles. The van der Waals surface area contributed by atoms with Gasteiger partial charge in [0.2, 0.25) is 0 Å². The van der Waals surface area contributed by atoms with Crippen LogP contribution in [0.1, 0.15) is 60.8 Å². The largest absolute Gasteiger partial charge is 0.323 e. The van der Waals surface area contributed by atoms with E-state index in [-0.39, 0.29) is 6.04 Å². The van der Waals surface area contributed by atoms with Gasteiger partial charge in [-0.15, -0.1) is 0 Å². The van der Waals surface area contributed by atoms with E-state index >= 15 is 0 Å². The van der Waals surface area contributed by atoms with Crippen LogP contribution in [0, 0.1) is 0 Å². The molecule has 1 fully saturated rings. The van der Waals surface area contributed by atoms with Crippen LogP contribution in [0.5, 0.6) is 0 Å². The molecule has 0 spiro atoms. The number of benzene rings is 2. The van der Waals surface area contributed by atoms with Gasteiger partial charge in [-0.2, -0.15) is 0 Å². The molecule has 3 rings (SSSR count). The molecule has 2 atom stereocenters. The predicted octanol–water partition coefficient (Wildman–Crippen LogP) is 4.76. The summed E-state index contributed by atoms with van der Waals surface area (Å²) in [6, 6.07) is 19.6. The Morgan fingerprint density at radius 1 is 0.950 bits per heavy atom. The van der Waals surface area contributed by atoms with E-state index in [9.17, 15) is 0 Å². The van der Waals surface area contributed by atoms with Crippen LogP contribution < -0.4 is 5.73 Å². The summed E-state index contributed by atoms with van der Waals surface area (Å²) in [6.07, 6.45) is 4.06. The molecule has 1 aliphatic carbocycles. The quantitative estimate of drug-likeness (QED) is 0.847. The number of hydrogen-bond acceptors (Lipinski definition) is 1. The highest BCUT2D eigenvalue weighted by Gasteiger charge is 2.21. The normalized spacial score (nSPS) is 18.3. The van der Waals surface area contributed by atoms with E-state index in [1.165, 1.54) is 36.0 Å². The van der Waals surface area contributed by atoms with E-state index in [0.29, 0.717) is 5.92 Å². The van der Waals surface area contributed by atoms with Gasteiger partial charge in [0.15, 0.2) is 0 Å². The molecule has 2 aromatic rings. The third-order valence-corrected chi connectivity index (χ3v) is 4.74. The fourth-order valence-corrected chi connectivity index (χ4v) is 3.01. The van der Waals surface area contributed by atoms with Crippen LogP contribution in [0.4, 0.5) is 0 Å². The standard InChI is InChI=1S/C19H23N/c1-14(15-7-3-2-4-8-15)19(20)18-12-6-11-17(13-18)16-9-5-10-16/h2-4,6-8,11-14,16,19H,5,9-10,20H2,1H3. The molecule has 1 heteroatoms. The van der Waals surface area contributed by atoms with Gasteiger partial charge in [-0.05, 0) is 35.4 Å². The molecule has 0 radical (unpaired) electrons. The zero-order chi connectivity index (χ0) is 13.9. The Balaban J connectivity index is 1.81. The zero-order valence-corrected chi connectivity index (χ0v) is 12.1. The molecule has 1 nitrogen and oxygen atoms in total. The van der Waals surface area contributed by atoms with E-state index in [0.717, 1.165) is 5.92 Å². The lowest BCUT2D eigenvalue weighted by Crippen LogP contribution is -2.18. The van der Waals surface area contributed by atoms with Gasteiger partial charge in [-0.25, -0.2) is 0 Å². The lowest BCUT2D eigenvalue weighted by atomic mass is 9.78. The van der Waals surface area contributed by atoms with Gasteiger partial charge >= 0.3 is 0 Å². The van der Waals surface area contributed by atoms with Crippen molar-refractivity contribution in [2.75, 3.05) is 0 Å². The second-order valence-electron chi connectivity index (χ2n) is 6.02. The van der Waals surface area contributed by atoms with Crippen LogP contribution in [0.2, 0.25) is 0 Å². The van der Waals surface area contributed by atoms with Gasteiger partial charge in [0, 0.05) is 12.0 Å². The molecular weight excluding hydrogens is 242 g/mol. The van der Waals surface area contributed by atoms with Crippen molar-refractivity contribution in [1.82, 2.24) is 0 Å². The van der Waals surface area contributed by atoms with Gasteiger partial charge in [0.25, 0.3) is 0 Å². The average Bonchev–Trinajstić information content (AvgIpc) is 2.45. The fraction of sp³-hybridized carbons (Fsp3) is 0.368. The fourth-order valence-electron chi connectivity index (χ4n) is 3.01. The molecule has 0 bridgehead atoms. The van der Waals surface area contributed by atoms with Crippen LogP contribution >= 0.6 is 0 Å². The van der Waals surface area contributed by atoms with Crippen LogP contribution in [-0.2, 0) is 0 Å². The smallest absolute Gasteiger partial charge is 0.0361 e. The van der Waals surface area contributed by atoms with Crippen LogP contribution in [-0.4, -0.2) is 0 Å². The van der Waals surface area contributed by atoms with Crippen molar-refractivity contribution in [3.63, 3.8) is 0 Å². The van der Waals surface area contributed by atoms with Crippen LogP contribution in [0.3, 0.4) is 0 Å². The van der Waals surface area contributed by atoms with Crippen molar-refractivity contribution in [1.29, 1.82) is 0 Å². The first-order chi connectivity index (χ1) is 9.75. The van der Waals surface area contributed by atoms with Crippen LogP contribution in [0.15, 0.2) is 54.6 Å². The summed E-state index contributed by atoms with van der Waals surface area (Å²) in [6.45, 7) is 2.22. The molecule has 2 N–H and O–H groups in total. The Hall–Kier alpha value is -1.60. The third-order valence-electron chi connectivity index (χ3n) is 4.74. The number of hydrogen-bond donors (Lipinski definition) is 1. The van der Waals surface area contributed by atoms with E-state index in [1.807, 2.05) is 0 Å². The Labute approximate surface area is 121 Å². The Kier molecular flexibility index (Phi) is 3.88. The van der Waals surface area contributed by atoms with Crippen molar-refractivity contribution in [3.8, 4) is 0 Å². The molecule has 0 amide bonds. The minimum Gasteiger partial charge on any atom is -0.323 e. The number of rotatable bonds is 4. The monoisotopic (exact) mass is 265 g/mol. The molecular formula is C19H23N. The molecule has 104 valence electrons. The molecule has 1 saturated carbocycles. The molecule has 0 heterocycles. The van der Waals surface area contributed by atoms with Crippen LogP contribution in [0.25, 0.3) is 0 Å². The van der Waals surface area contributed by atoms with Gasteiger partial charge in [0.1, 0.15) is 0 Å². The first kappa shape index (κ1) is 13.4. The maximum absolute atomic E-state index is 6.50. The molecule has 2 unspecified atom stereocenters. The lowest BCUT2D eigenvalue weighted by Gasteiger charge is -2.27. The second-order valence-corrected chi connectivity index (χ2v) is 6.02. The highest BCUT2D eigenvalue weighted by Crippen LogP contribution is 2.38. The van der Waals surface area contributed by atoms with E-state index < -0.39 is 0 Å². The molecule has 0 aromatic heterocycles. The van der Waals surface area contributed by atoms with Gasteiger partial charge < -0.3 is 5.73 Å². The summed E-state index contributed by atoms with van der Waals surface area (Å²) >= 11 is 0. The summed E-state index contributed by atoms with van der Waals surface area (Å²) in [5, 5.41) is 0. The van der Waals surface area contributed by atoms with E-state index in [1.54, 1.807) is 0 Å². The maximum atomic E-state index is 6.50. The Morgan fingerprint density at radius 3 is 2.30 bits per heavy atom. The van der Waals surface area contributed by atoms with E-state index in [4.69, 9.17) is 5.73 Å². The SMILES string of the molecule is CC(c1ccccc1)C(N)c1cccc(C2CCC2)c1. The second kappa shape index (κ2) is 5.80. The molecule has 20 heavy (non-hydrogen) atoms. The van der Waals surface area contributed by atoms with Crippen molar-refractivity contribution in [3.05, 3.63) is 71.3 Å². The highest BCUT2D eigenvalue weighted by molar-refractivity contribution is 5.32. The van der Waals surface area contributed by atoms with E-state index in [2.05, 4.69) is 61.5 Å². The number of nitrogens with two attached hydrogens (primary N) is 1. The molecule has 1 aliphatic rings. The Bertz CT molecular complexity index is 557. The minimum atomic E-state index is 0.0671. The minimum absolute atomic E-state index is 0.0671. The summed E-state index contributed by atoms with van der Waals surface area (Å²) < 4.78 is 0. The van der Waals surface area contributed by atoms with Crippen molar-refractivity contribution < 1.29 is 0 Å². The van der Waals surface area contributed by atoms with Gasteiger partial charge in [0.05, 0.1) is 0 Å². The van der Waals surface area contributed by atoms with Crippen molar-refractivity contribution >= 4 is 0 Å². The summed E-state index contributed by atoms with van der Waals surface area (Å²) in [7, 11) is 0. The van der Waals surface area contributed by atoms with Gasteiger partial charge in [-0.1, -0.05) is 67.9 Å². The molecule has 2 aromatic carbocycles. The first-order valence-electron chi connectivity index (χ1n) is 7.66. The lowest BCUT2D eigenvalue weighted by molar-refractivity contribution is 0.419. The van der Waals surface area contributed by atoms with Crippen molar-refractivity contribution in [2.24, 2.45) is 5.73 Å². The topological polar surface area (TPSA) is 26.0 Å². The first-order valence-corrected chi connectivity index (χ1v) is 7.66. The summed E-state index contributed by atoms with van der Waals surface area (Å²) in [5.74, 6) is 1.11. The summed E-state index contributed by atoms with van der Waals surface area (Å²) in [4.78, 5) is 0.